The summed E-state index contributed by atoms with van der Waals surface area (Å²) in [4.78, 5) is 16.4. The Labute approximate surface area is 150 Å². The van der Waals surface area contributed by atoms with Crippen molar-refractivity contribution in [1.82, 2.24) is 20.1 Å². The first kappa shape index (κ1) is 16.4. The highest BCUT2D eigenvalue weighted by Gasteiger charge is 2.20. The SMILES string of the molecule is O=C(Nc1ccn(Cc2ccncc2)n1)c1ccc2c(c1F)CNCC2. The minimum absolute atomic E-state index is 0.0381. The molecule has 2 aromatic heterocycles. The fourth-order valence-corrected chi connectivity index (χ4v) is 3.07. The highest BCUT2D eigenvalue weighted by atomic mass is 19.1. The standard InChI is InChI=1S/C19H18FN5O/c20-18-15(2-1-14-5-9-22-11-16(14)18)19(26)23-17-6-10-25(24-17)12-13-3-7-21-8-4-13/h1-4,6-8,10,22H,5,9,11-12H2,(H,23,24,26). The average molecular weight is 351 g/mol. The van der Waals surface area contributed by atoms with E-state index in [1.54, 1.807) is 35.4 Å². The van der Waals surface area contributed by atoms with E-state index in [1.807, 2.05) is 18.2 Å². The minimum Gasteiger partial charge on any atom is -0.312 e. The Balaban J connectivity index is 1.49. The zero-order chi connectivity index (χ0) is 17.9. The van der Waals surface area contributed by atoms with Gasteiger partial charge in [-0.15, -0.1) is 0 Å². The molecule has 0 saturated heterocycles. The van der Waals surface area contributed by atoms with Crippen LogP contribution in [-0.4, -0.2) is 27.2 Å². The number of benzene rings is 1. The van der Waals surface area contributed by atoms with E-state index >= 15 is 0 Å². The maximum Gasteiger partial charge on any atom is 0.259 e. The number of amides is 1. The third-order valence-electron chi connectivity index (χ3n) is 4.43. The van der Waals surface area contributed by atoms with Crippen LogP contribution in [0.2, 0.25) is 0 Å². The molecule has 132 valence electrons. The average Bonchev–Trinajstić information content (AvgIpc) is 3.09. The van der Waals surface area contributed by atoms with E-state index in [-0.39, 0.29) is 5.56 Å². The molecule has 3 heterocycles. The third kappa shape index (κ3) is 3.34. The molecule has 3 aromatic rings. The lowest BCUT2D eigenvalue weighted by atomic mass is 9.97. The summed E-state index contributed by atoms with van der Waals surface area (Å²) >= 11 is 0. The normalized spacial score (nSPS) is 13.3. The summed E-state index contributed by atoms with van der Waals surface area (Å²) in [7, 11) is 0. The van der Waals surface area contributed by atoms with Crippen LogP contribution in [0.3, 0.4) is 0 Å². The van der Waals surface area contributed by atoms with Crippen LogP contribution in [0.25, 0.3) is 0 Å². The van der Waals surface area contributed by atoms with Crippen molar-refractivity contribution in [2.45, 2.75) is 19.5 Å². The molecule has 7 heteroatoms. The van der Waals surface area contributed by atoms with E-state index in [9.17, 15) is 9.18 Å². The summed E-state index contributed by atoms with van der Waals surface area (Å²) in [5.41, 5.74) is 2.62. The molecule has 26 heavy (non-hydrogen) atoms. The van der Waals surface area contributed by atoms with Gasteiger partial charge in [-0.25, -0.2) is 4.39 Å². The van der Waals surface area contributed by atoms with Crippen LogP contribution in [0, 0.1) is 5.82 Å². The predicted molar refractivity (Wildman–Crippen MR) is 95.3 cm³/mol. The second kappa shape index (κ2) is 7.05. The molecule has 0 radical (unpaired) electrons. The molecule has 6 nitrogen and oxygen atoms in total. The van der Waals surface area contributed by atoms with Crippen molar-refractivity contribution < 1.29 is 9.18 Å². The van der Waals surface area contributed by atoms with E-state index < -0.39 is 11.7 Å². The monoisotopic (exact) mass is 351 g/mol. The maximum atomic E-state index is 14.7. The Morgan fingerprint density at radius 1 is 1.23 bits per heavy atom. The van der Waals surface area contributed by atoms with E-state index in [2.05, 4.69) is 20.7 Å². The number of carbonyl (C=O) groups is 1. The van der Waals surface area contributed by atoms with Gasteiger partial charge in [-0.3, -0.25) is 14.5 Å². The lowest BCUT2D eigenvalue weighted by molar-refractivity contribution is 0.102. The largest absolute Gasteiger partial charge is 0.312 e. The first-order valence-corrected chi connectivity index (χ1v) is 8.45. The van der Waals surface area contributed by atoms with Crippen LogP contribution < -0.4 is 10.6 Å². The molecule has 4 rings (SSSR count). The van der Waals surface area contributed by atoms with Gasteiger partial charge in [0.05, 0.1) is 12.1 Å². The molecule has 2 N–H and O–H groups in total. The fourth-order valence-electron chi connectivity index (χ4n) is 3.07. The zero-order valence-electron chi connectivity index (χ0n) is 14.1. The molecule has 1 aliphatic rings. The first-order valence-electron chi connectivity index (χ1n) is 8.45. The second-order valence-corrected chi connectivity index (χ2v) is 6.20. The van der Waals surface area contributed by atoms with Gasteiger partial charge in [0.15, 0.2) is 5.82 Å². The van der Waals surface area contributed by atoms with E-state index in [4.69, 9.17) is 0 Å². The molecule has 1 aliphatic heterocycles. The van der Waals surface area contributed by atoms with Gasteiger partial charge in [-0.05, 0) is 42.3 Å². The first-order chi connectivity index (χ1) is 12.7. The topological polar surface area (TPSA) is 71.8 Å². The number of hydrogen-bond donors (Lipinski definition) is 2. The molecule has 0 saturated carbocycles. The lowest BCUT2D eigenvalue weighted by Crippen LogP contribution is -2.26. The van der Waals surface area contributed by atoms with Crippen molar-refractivity contribution in [1.29, 1.82) is 0 Å². The van der Waals surface area contributed by atoms with Crippen LogP contribution in [0.5, 0.6) is 0 Å². The summed E-state index contributed by atoms with van der Waals surface area (Å²) in [6, 6.07) is 8.86. The smallest absolute Gasteiger partial charge is 0.259 e. The molecule has 1 amide bonds. The van der Waals surface area contributed by atoms with Crippen molar-refractivity contribution in [2.75, 3.05) is 11.9 Å². The highest BCUT2D eigenvalue weighted by Crippen LogP contribution is 2.21. The number of rotatable bonds is 4. The summed E-state index contributed by atoms with van der Waals surface area (Å²) in [6.45, 7) is 1.84. The number of hydrogen-bond acceptors (Lipinski definition) is 4. The van der Waals surface area contributed by atoms with Gasteiger partial charge in [-0.1, -0.05) is 6.07 Å². The van der Waals surface area contributed by atoms with E-state index in [0.29, 0.717) is 24.5 Å². The van der Waals surface area contributed by atoms with Crippen LogP contribution in [-0.2, 0) is 19.5 Å². The molecule has 0 spiro atoms. The van der Waals surface area contributed by atoms with Gasteiger partial charge in [-0.2, -0.15) is 5.10 Å². The summed E-state index contributed by atoms with van der Waals surface area (Å²) in [5, 5.41) is 10.1. The molecule has 0 aliphatic carbocycles. The number of nitrogens with one attached hydrogen (secondary N) is 2. The van der Waals surface area contributed by atoms with Crippen LogP contribution in [0.1, 0.15) is 27.0 Å². The van der Waals surface area contributed by atoms with Gasteiger partial charge >= 0.3 is 0 Å². The number of nitrogens with zero attached hydrogens (tertiary/aromatic N) is 3. The van der Waals surface area contributed by atoms with E-state index in [1.165, 1.54) is 0 Å². The van der Waals surface area contributed by atoms with Crippen molar-refractivity contribution in [3.8, 4) is 0 Å². The van der Waals surface area contributed by atoms with Gasteiger partial charge in [0, 0.05) is 36.8 Å². The van der Waals surface area contributed by atoms with Crippen molar-refractivity contribution in [3.05, 3.63) is 77.0 Å². The number of aromatic nitrogens is 3. The molecule has 1 aromatic carbocycles. The van der Waals surface area contributed by atoms with Gasteiger partial charge in [0.1, 0.15) is 5.82 Å². The predicted octanol–water partition coefficient (Wildman–Crippen LogP) is 2.36. The Morgan fingerprint density at radius 3 is 2.92 bits per heavy atom. The number of pyridine rings is 1. The van der Waals surface area contributed by atoms with Crippen LogP contribution >= 0.6 is 0 Å². The van der Waals surface area contributed by atoms with Gasteiger partial charge < -0.3 is 10.6 Å². The van der Waals surface area contributed by atoms with Crippen molar-refractivity contribution in [2.24, 2.45) is 0 Å². The Kier molecular flexibility index (Phi) is 4.45. The zero-order valence-corrected chi connectivity index (χ0v) is 14.1. The van der Waals surface area contributed by atoms with E-state index in [0.717, 1.165) is 24.1 Å². The number of halogens is 1. The molecule has 0 bridgehead atoms. The molecular weight excluding hydrogens is 333 g/mol. The Bertz CT molecular complexity index is 938. The number of fused-ring (bicyclic) bond motifs is 1. The number of anilines is 1. The van der Waals surface area contributed by atoms with Crippen LogP contribution in [0.15, 0.2) is 48.9 Å². The highest BCUT2D eigenvalue weighted by molar-refractivity contribution is 6.04. The minimum atomic E-state index is -0.495. The lowest BCUT2D eigenvalue weighted by Gasteiger charge is -2.18. The van der Waals surface area contributed by atoms with Crippen molar-refractivity contribution >= 4 is 11.7 Å². The molecule has 0 unspecified atom stereocenters. The molecule has 0 atom stereocenters. The third-order valence-corrected chi connectivity index (χ3v) is 4.43. The maximum absolute atomic E-state index is 14.7. The summed E-state index contributed by atoms with van der Waals surface area (Å²) in [5.74, 6) is -0.562. The quantitative estimate of drug-likeness (QED) is 0.757. The molecule has 0 fully saturated rings. The van der Waals surface area contributed by atoms with Crippen molar-refractivity contribution in [3.63, 3.8) is 0 Å². The van der Waals surface area contributed by atoms with Gasteiger partial charge in [0.2, 0.25) is 0 Å². The fraction of sp³-hybridized carbons (Fsp3) is 0.211. The van der Waals surface area contributed by atoms with Gasteiger partial charge in [0.25, 0.3) is 5.91 Å². The number of carbonyl (C=O) groups excluding carboxylic acids is 1. The summed E-state index contributed by atoms with van der Waals surface area (Å²) < 4.78 is 16.4. The molecular formula is C19H18FN5O. The Morgan fingerprint density at radius 2 is 2.08 bits per heavy atom. The van der Waals surface area contributed by atoms with Crippen LogP contribution in [0.4, 0.5) is 10.2 Å². The second-order valence-electron chi connectivity index (χ2n) is 6.20. The Hall–Kier alpha value is -3.06. The summed E-state index contributed by atoms with van der Waals surface area (Å²) in [6.07, 6.45) is 5.97.